The molecule has 1 saturated heterocycles. The maximum absolute atomic E-state index is 12.9. The van der Waals surface area contributed by atoms with Crippen LogP contribution >= 0.6 is 12.4 Å². The molecule has 1 fully saturated rings. The van der Waals surface area contributed by atoms with Gasteiger partial charge in [-0.05, 0) is 43.7 Å². The number of carbonyl (C=O) groups is 2. The zero-order chi connectivity index (χ0) is 19.4. The molecule has 0 unspecified atom stereocenters. The van der Waals surface area contributed by atoms with Gasteiger partial charge in [-0.3, -0.25) is 9.59 Å². The van der Waals surface area contributed by atoms with Gasteiger partial charge in [0.15, 0.2) is 0 Å². The van der Waals surface area contributed by atoms with Crippen molar-refractivity contribution in [3.05, 3.63) is 59.2 Å². The summed E-state index contributed by atoms with van der Waals surface area (Å²) in [4.78, 5) is 29.2. The summed E-state index contributed by atoms with van der Waals surface area (Å²) in [6.45, 7) is 6.28. The number of hydrogen-bond acceptors (Lipinski definition) is 4. The molecule has 1 aliphatic heterocycles. The molecule has 7 heteroatoms. The summed E-state index contributed by atoms with van der Waals surface area (Å²) in [5.41, 5.74) is 8.48. The highest BCUT2D eigenvalue weighted by molar-refractivity contribution is 5.98. The summed E-state index contributed by atoms with van der Waals surface area (Å²) in [7, 11) is 0. The summed E-state index contributed by atoms with van der Waals surface area (Å²) in [5, 5.41) is 0. The lowest BCUT2D eigenvalue weighted by Crippen LogP contribution is -2.50. The van der Waals surface area contributed by atoms with Gasteiger partial charge in [-0.1, -0.05) is 18.2 Å². The Labute approximate surface area is 171 Å². The smallest absolute Gasteiger partial charge is 0.257 e. The van der Waals surface area contributed by atoms with E-state index in [1.807, 2.05) is 32.0 Å². The van der Waals surface area contributed by atoms with Crippen molar-refractivity contribution in [1.29, 1.82) is 0 Å². The van der Waals surface area contributed by atoms with Crippen molar-refractivity contribution in [3.8, 4) is 5.75 Å². The van der Waals surface area contributed by atoms with Gasteiger partial charge < -0.3 is 20.3 Å². The SMILES string of the molecule is CCOc1ccccc1C(=O)N1CCN(C(=O)c2cc(N)ccc2C)CC1.Cl. The fraction of sp³-hybridized carbons (Fsp3) is 0.333. The molecule has 0 radical (unpaired) electrons. The Balaban J connectivity index is 0.00000280. The highest BCUT2D eigenvalue weighted by atomic mass is 35.5. The number of hydrogen-bond donors (Lipinski definition) is 1. The number of aryl methyl sites for hydroxylation is 1. The third-order valence-corrected chi connectivity index (χ3v) is 4.76. The molecule has 0 saturated carbocycles. The second-order valence-electron chi connectivity index (χ2n) is 6.59. The van der Waals surface area contributed by atoms with E-state index in [4.69, 9.17) is 10.5 Å². The van der Waals surface area contributed by atoms with Gasteiger partial charge in [0.05, 0.1) is 12.2 Å². The Morgan fingerprint density at radius 2 is 1.54 bits per heavy atom. The number of carbonyl (C=O) groups excluding carboxylic acids is 2. The van der Waals surface area contributed by atoms with Gasteiger partial charge in [0.1, 0.15) is 5.75 Å². The third kappa shape index (κ3) is 4.57. The van der Waals surface area contributed by atoms with E-state index in [9.17, 15) is 9.59 Å². The van der Waals surface area contributed by atoms with Crippen LogP contribution in [0.2, 0.25) is 0 Å². The summed E-state index contributed by atoms with van der Waals surface area (Å²) < 4.78 is 5.57. The first-order valence-electron chi connectivity index (χ1n) is 9.17. The van der Waals surface area contributed by atoms with Crippen molar-refractivity contribution >= 4 is 29.9 Å². The second-order valence-corrected chi connectivity index (χ2v) is 6.59. The lowest BCUT2D eigenvalue weighted by Gasteiger charge is -2.35. The van der Waals surface area contributed by atoms with E-state index in [0.29, 0.717) is 55.3 Å². The molecule has 0 aliphatic carbocycles. The number of nitrogens with zero attached hydrogens (tertiary/aromatic N) is 2. The lowest BCUT2D eigenvalue weighted by atomic mass is 10.1. The summed E-state index contributed by atoms with van der Waals surface area (Å²) in [6.07, 6.45) is 0. The predicted molar refractivity (Wildman–Crippen MR) is 112 cm³/mol. The van der Waals surface area contributed by atoms with E-state index in [1.165, 1.54) is 0 Å². The zero-order valence-corrected chi connectivity index (χ0v) is 17.0. The van der Waals surface area contributed by atoms with Gasteiger partial charge in [-0.2, -0.15) is 0 Å². The molecule has 28 heavy (non-hydrogen) atoms. The van der Waals surface area contributed by atoms with Crippen molar-refractivity contribution < 1.29 is 14.3 Å². The van der Waals surface area contributed by atoms with Crippen LogP contribution in [-0.2, 0) is 0 Å². The Kier molecular flexibility index (Phi) is 7.29. The second kappa shape index (κ2) is 9.46. The maximum atomic E-state index is 12.9. The topological polar surface area (TPSA) is 75.9 Å². The molecule has 3 rings (SSSR count). The molecular formula is C21H26ClN3O3. The fourth-order valence-electron chi connectivity index (χ4n) is 3.25. The number of piperazine rings is 1. The van der Waals surface area contributed by atoms with Crippen LogP contribution in [-0.4, -0.2) is 54.4 Å². The number of para-hydroxylation sites is 1. The summed E-state index contributed by atoms with van der Waals surface area (Å²) in [5.74, 6) is 0.492. The van der Waals surface area contributed by atoms with E-state index in [2.05, 4.69) is 0 Å². The lowest BCUT2D eigenvalue weighted by molar-refractivity contribution is 0.0533. The molecule has 6 nitrogen and oxygen atoms in total. The first-order chi connectivity index (χ1) is 13.0. The minimum absolute atomic E-state index is 0. The monoisotopic (exact) mass is 403 g/mol. The number of nitrogen functional groups attached to an aromatic ring is 1. The van der Waals surface area contributed by atoms with Crippen molar-refractivity contribution in [2.24, 2.45) is 0 Å². The molecule has 2 amide bonds. The van der Waals surface area contributed by atoms with Gasteiger partial charge in [0.2, 0.25) is 0 Å². The normalized spacial score (nSPS) is 13.6. The number of benzene rings is 2. The average Bonchev–Trinajstić information content (AvgIpc) is 2.69. The van der Waals surface area contributed by atoms with E-state index in [1.54, 1.807) is 34.1 Å². The molecule has 0 aromatic heterocycles. The number of anilines is 1. The van der Waals surface area contributed by atoms with E-state index < -0.39 is 0 Å². The van der Waals surface area contributed by atoms with E-state index in [0.717, 1.165) is 5.56 Å². The molecule has 2 aromatic carbocycles. The maximum Gasteiger partial charge on any atom is 0.257 e. The fourth-order valence-corrected chi connectivity index (χ4v) is 3.25. The van der Waals surface area contributed by atoms with E-state index >= 15 is 0 Å². The molecule has 2 N–H and O–H groups in total. The van der Waals surface area contributed by atoms with Gasteiger partial charge in [0.25, 0.3) is 11.8 Å². The van der Waals surface area contributed by atoms with Crippen LogP contribution in [0.1, 0.15) is 33.2 Å². The van der Waals surface area contributed by atoms with Crippen LogP contribution in [0.5, 0.6) is 5.75 Å². The Hall–Kier alpha value is -2.73. The van der Waals surface area contributed by atoms with Crippen LogP contribution in [0, 0.1) is 6.92 Å². The van der Waals surface area contributed by atoms with Gasteiger partial charge in [-0.25, -0.2) is 0 Å². The van der Waals surface area contributed by atoms with Crippen LogP contribution in [0.15, 0.2) is 42.5 Å². The number of rotatable bonds is 4. The molecule has 1 aliphatic rings. The Bertz CT molecular complexity index is 849. The minimum atomic E-state index is -0.0636. The predicted octanol–water partition coefficient (Wildman–Crippen LogP) is 3.00. The van der Waals surface area contributed by atoms with E-state index in [-0.39, 0.29) is 24.2 Å². The summed E-state index contributed by atoms with van der Waals surface area (Å²) >= 11 is 0. The molecule has 2 aromatic rings. The first kappa shape index (κ1) is 21.6. The minimum Gasteiger partial charge on any atom is -0.493 e. The number of halogens is 1. The highest BCUT2D eigenvalue weighted by Gasteiger charge is 2.27. The highest BCUT2D eigenvalue weighted by Crippen LogP contribution is 2.21. The zero-order valence-electron chi connectivity index (χ0n) is 16.2. The number of ether oxygens (including phenoxy) is 1. The Morgan fingerprint density at radius 3 is 2.14 bits per heavy atom. The summed E-state index contributed by atoms with van der Waals surface area (Å²) in [6, 6.07) is 12.6. The number of nitrogens with two attached hydrogens (primary N) is 1. The van der Waals surface area contributed by atoms with Gasteiger partial charge in [0, 0.05) is 37.4 Å². The largest absolute Gasteiger partial charge is 0.493 e. The Morgan fingerprint density at radius 1 is 0.964 bits per heavy atom. The average molecular weight is 404 g/mol. The third-order valence-electron chi connectivity index (χ3n) is 4.76. The molecule has 150 valence electrons. The van der Waals surface area contributed by atoms with Gasteiger partial charge in [-0.15, -0.1) is 12.4 Å². The number of amides is 2. The van der Waals surface area contributed by atoms with Crippen molar-refractivity contribution in [1.82, 2.24) is 9.80 Å². The molecule has 0 atom stereocenters. The molecule has 0 spiro atoms. The van der Waals surface area contributed by atoms with Crippen LogP contribution in [0.4, 0.5) is 5.69 Å². The molecule has 0 bridgehead atoms. The molecule has 1 heterocycles. The van der Waals surface area contributed by atoms with Crippen molar-refractivity contribution in [2.45, 2.75) is 13.8 Å². The standard InChI is InChI=1S/C21H25N3O3.ClH/c1-3-27-19-7-5-4-6-17(19)20(25)23-10-12-24(13-11-23)21(26)18-14-16(22)9-8-15(18)2;/h4-9,14H,3,10-13,22H2,1-2H3;1H. The van der Waals surface area contributed by atoms with Crippen molar-refractivity contribution in [2.75, 3.05) is 38.5 Å². The van der Waals surface area contributed by atoms with Crippen LogP contribution in [0.3, 0.4) is 0 Å². The van der Waals surface area contributed by atoms with Gasteiger partial charge >= 0.3 is 0 Å². The first-order valence-corrected chi connectivity index (χ1v) is 9.17. The molecular weight excluding hydrogens is 378 g/mol. The van der Waals surface area contributed by atoms with Crippen LogP contribution in [0.25, 0.3) is 0 Å². The van der Waals surface area contributed by atoms with Crippen LogP contribution < -0.4 is 10.5 Å². The quantitative estimate of drug-likeness (QED) is 0.796. The van der Waals surface area contributed by atoms with Crippen molar-refractivity contribution in [3.63, 3.8) is 0 Å².